The van der Waals surface area contributed by atoms with Crippen molar-refractivity contribution < 1.29 is 48.7 Å². The van der Waals surface area contributed by atoms with Crippen molar-refractivity contribution in [3.8, 4) is 5.75 Å². The Kier molecular flexibility index (Phi) is 11.1. The molecule has 6 rings (SSSR count). The Balaban J connectivity index is 0.000000262. The van der Waals surface area contributed by atoms with Crippen LogP contribution < -0.4 is 20.4 Å². The lowest BCUT2D eigenvalue weighted by Crippen LogP contribution is -2.43. The van der Waals surface area contributed by atoms with Crippen molar-refractivity contribution in [2.24, 2.45) is 0 Å². The van der Waals surface area contributed by atoms with Crippen molar-refractivity contribution in [2.45, 2.75) is 55.3 Å². The first kappa shape index (κ1) is 37.7. The van der Waals surface area contributed by atoms with Crippen LogP contribution >= 0.6 is 0 Å². The van der Waals surface area contributed by atoms with Gasteiger partial charge in [-0.05, 0) is 87.4 Å². The molecule has 0 bridgehead atoms. The van der Waals surface area contributed by atoms with Gasteiger partial charge in [0, 0.05) is 55.4 Å². The zero-order chi connectivity index (χ0) is 37.1. The van der Waals surface area contributed by atoms with Gasteiger partial charge in [-0.15, -0.1) is 0 Å². The van der Waals surface area contributed by atoms with E-state index in [1.165, 1.54) is 48.8 Å². The van der Waals surface area contributed by atoms with E-state index in [-0.39, 0.29) is 33.4 Å². The Hall–Kier alpha value is -4.57. The number of alkyl halides is 6. The molecule has 2 aliphatic heterocycles. The number of nitrogens with zero attached hydrogens (tertiary/aromatic N) is 2. The highest BCUT2D eigenvalue weighted by Gasteiger charge is 2.38. The van der Waals surface area contributed by atoms with Gasteiger partial charge in [0.2, 0.25) is 0 Å². The third kappa shape index (κ3) is 9.22. The summed E-state index contributed by atoms with van der Waals surface area (Å²) in [6.07, 6.45) is -4.18. The van der Waals surface area contributed by atoms with Crippen molar-refractivity contribution in [2.75, 3.05) is 31.1 Å². The fourth-order valence-corrected chi connectivity index (χ4v) is 6.98. The van der Waals surface area contributed by atoms with Crippen LogP contribution in [0.2, 0.25) is 0 Å². The van der Waals surface area contributed by atoms with Gasteiger partial charge in [0.1, 0.15) is 11.6 Å². The third-order valence-corrected chi connectivity index (χ3v) is 10.4. The maximum absolute atomic E-state index is 14.3. The lowest BCUT2D eigenvalue weighted by atomic mass is 10.0. The molecule has 0 aromatic heterocycles. The fourth-order valence-electron chi connectivity index (χ4n) is 5.30. The number of benzene rings is 3. The molecule has 1 saturated carbocycles. The number of amides is 1. The van der Waals surface area contributed by atoms with Gasteiger partial charge in [-0.1, -0.05) is 6.07 Å². The van der Waals surface area contributed by atoms with Crippen LogP contribution in [0.3, 0.4) is 0 Å². The summed E-state index contributed by atoms with van der Waals surface area (Å²) in [5, 5.41) is 3.78. The maximum atomic E-state index is 14.3. The summed E-state index contributed by atoms with van der Waals surface area (Å²) in [6, 6.07) is 11.7. The number of hydrogen-bond donors (Lipinski definition) is 2. The van der Waals surface area contributed by atoms with Crippen molar-refractivity contribution in [3.63, 3.8) is 0 Å². The monoisotopic (exact) mass is 740 g/mol. The molecule has 0 spiro atoms. The number of hydrogen-bond acceptors (Lipinski definition) is 7. The first-order valence-corrected chi connectivity index (χ1v) is 17.5. The molecule has 1 aliphatic carbocycles. The third-order valence-electron chi connectivity index (χ3n) is 8.10. The highest BCUT2D eigenvalue weighted by molar-refractivity contribution is 7.92. The number of carbonyl (C=O) groups excluding carboxylic acids is 1. The molecule has 2 N–H and O–H groups in total. The number of carbonyl (C=O) groups is 1. The number of sulfone groups is 1. The van der Waals surface area contributed by atoms with E-state index in [2.05, 4.69) is 15.6 Å². The quantitative estimate of drug-likeness (QED) is 0.248. The molecule has 3 aliphatic rings. The second kappa shape index (κ2) is 15.0. The normalized spacial score (nSPS) is 16.6. The van der Waals surface area contributed by atoms with E-state index in [4.69, 9.17) is 4.74 Å². The largest absolute Gasteiger partial charge is 0.490 e. The molecular formula is C35H35F7N4O4S. The number of rotatable bonds is 7. The van der Waals surface area contributed by atoms with Gasteiger partial charge in [-0.25, -0.2) is 17.8 Å². The van der Waals surface area contributed by atoms with Gasteiger partial charge < -0.3 is 15.0 Å². The van der Waals surface area contributed by atoms with E-state index in [0.29, 0.717) is 18.9 Å². The number of piperazine rings is 1. The fraction of sp³-hybridized carbons (Fsp3) is 0.343. The van der Waals surface area contributed by atoms with Crippen molar-refractivity contribution in [1.29, 1.82) is 0 Å². The zero-order valence-corrected chi connectivity index (χ0v) is 28.3. The molecular weight excluding hydrogens is 705 g/mol. The summed E-state index contributed by atoms with van der Waals surface area (Å²) in [5.41, 5.74) is 1.94. The van der Waals surface area contributed by atoms with E-state index in [9.17, 15) is 43.9 Å². The Morgan fingerprint density at radius 1 is 0.882 bits per heavy atom. The molecule has 2 fully saturated rings. The number of allylic oxidation sites excluding steroid dienone is 2. The number of ether oxygens (including phenoxy) is 1. The van der Waals surface area contributed by atoms with Crippen molar-refractivity contribution in [1.82, 2.24) is 15.8 Å². The standard InChI is InChI=1S/C24H22F4N2O4S.C11H13F3N2/c1-14(2)34-22-8-6-18(35(32,33)17-4-5-17)12-20(22)23(31)30-10-9-15(13-29-30)19-7-3-16(11-21(19)25)24(26,27)28;12-11(13,14)9-1-3-10(4-2-9)16-7-5-15-6-8-16/h3,6-14,17,29H,4-5H2,1-2H3;1-4,15H,5-8H2. The molecule has 2 heterocycles. The minimum absolute atomic E-state index is 0.00938. The summed E-state index contributed by atoms with van der Waals surface area (Å²) in [7, 11) is -3.56. The molecule has 1 saturated heterocycles. The topological polar surface area (TPSA) is 91.0 Å². The number of anilines is 1. The van der Waals surface area contributed by atoms with Gasteiger partial charge in [0.15, 0.2) is 9.84 Å². The molecule has 0 unspecified atom stereocenters. The molecule has 3 aromatic rings. The SMILES string of the molecule is CC(C)Oc1ccc(S(=O)(=O)C2CC2)cc1C(=O)N1C=CC(c2ccc(C(F)(F)F)cc2F)=CN1.FC(F)(F)c1ccc(N2CCNCC2)cc1. The number of hydrazine groups is 1. The molecule has 0 radical (unpaired) electrons. The zero-order valence-electron chi connectivity index (χ0n) is 27.5. The first-order chi connectivity index (χ1) is 23.9. The van der Waals surface area contributed by atoms with Crippen molar-refractivity contribution in [3.05, 3.63) is 107 Å². The Labute approximate surface area is 290 Å². The van der Waals surface area contributed by atoms with Crippen LogP contribution in [0.1, 0.15) is 53.7 Å². The van der Waals surface area contributed by atoms with Crippen LogP contribution in [-0.4, -0.2) is 56.9 Å². The molecule has 16 heteroatoms. The van der Waals surface area contributed by atoms with Gasteiger partial charge in [-0.3, -0.25) is 10.2 Å². The van der Waals surface area contributed by atoms with E-state index in [1.54, 1.807) is 13.8 Å². The molecule has 3 aromatic carbocycles. The Bertz CT molecular complexity index is 1900. The van der Waals surface area contributed by atoms with Gasteiger partial charge >= 0.3 is 12.4 Å². The minimum Gasteiger partial charge on any atom is -0.490 e. The van der Waals surface area contributed by atoms with E-state index in [1.807, 2.05) is 0 Å². The average molecular weight is 741 g/mol. The first-order valence-electron chi connectivity index (χ1n) is 16.0. The predicted octanol–water partition coefficient (Wildman–Crippen LogP) is 7.20. The lowest BCUT2D eigenvalue weighted by molar-refractivity contribution is -0.138. The highest BCUT2D eigenvalue weighted by Crippen LogP contribution is 2.36. The summed E-state index contributed by atoms with van der Waals surface area (Å²) in [4.78, 5) is 15.3. The van der Waals surface area contributed by atoms with Crippen molar-refractivity contribution >= 4 is 27.0 Å². The minimum atomic E-state index is -4.67. The van der Waals surface area contributed by atoms with Gasteiger partial charge in [0.25, 0.3) is 5.91 Å². The average Bonchev–Trinajstić information content (AvgIpc) is 3.95. The van der Waals surface area contributed by atoms with Crippen LogP contribution in [0, 0.1) is 5.82 Å². The second-order valence-corrected chi connectivity index (χ2v) is 14.5. The Morgan fingerprint density at radius 2 is 1.51 bits per heavy atom. The Morgan fingerprint density at radius 3 is 2.04 bits per heavy atom. The highest BCUT2D eigenvalue weighted by atomic mass is 32.2. The summed E-state index contributed by atoms with van der Waals surface area (Å²) < 4.78 is 121. The van der Waals surface area contributed by atoms with Gasteiger partial charge in [-0.2, -0.15) is 26.3 Å². The molecule has 51 heavy (non-hydrogen) atoms. The lowest BCUT2D eigenvalue weighted by Gasteiger charge is -2.29. The second-order valence-electron chi connectivity index (χ2n) is 12.3. The number of nitrogens with one attached hydrogen (secondary N) is 2. The van der Waals surface area contributed by atoms with Crippen LogP contribution in [0.25, 0.3) is 5.57 Å². The number of halogens is 7. The van der Waals surface area contributed by atoms with E-state index in [0.717, 1.165) is 61.1 Å². The molecule has 1 amide bonds. The summed E-state index contributed by atoms with van der Waals surface area (Å²) in [5.74, 6) is -1.51. The van der Waals surface area contributed by atoms with Gasteiger partial charge in [0.05, 0.1) is 32.9 Å². The van der Waals surface area contributed by atoms with Crippen LogP contribution in [0.15, 0.2) is 84.0 Å². The maximum Gasteiger partial charge on any atom is 0.416 e. The smallest absolute Gasteiger partial charge is 0.416 e. The summed E-state index contributed by atoms with van der Waals surface area (Å²) in [6.45, 7) is 6.95. The molecule has 274 valence electrons. The molecule has 0 atom stereocenters. The van der Waals surface area contributed by atoms with E-state index < -0.39 is 50.3 Å². The summed E-state index contributed by atoms with van der Waals surface area (Å²) >= 11 is 0. The van der Waals surface area contributed by atoms with Crippen LogP contribution in [0.4, 0.5) is 36.4 Å². The van der Waals surface area contributed by atoms with E-state index >= 15 is 0 Å². The molecule has 8 nitrogen and oxygen atoms in total. The van der Waals surface area contributed by atoms with Crippen LogP contribution in [0.5, 0.6) is 5.75 Å². The predicted molar refractivity (Wildman–Crippen MR) is 177 cm³/mol. The van der Waals surface area contributed by atoms with Crippen LogP contribution in [-0.2, 0) is 22.2 Å².